The van der Waals surface area contributed by atoms with Crippen LogP contribution in [0.15, 0.2) is 42.5 Å². The molecule has 1 atom stereocenters. The Kier molecular flexibility index (Phi) is 9.43. The largest absolute Gasteiger partial charge is 0.352 e. The highest BCUT2D eigenvalue weighted by Crippen LogP contribution is 2.29. The first-order valence-electron chi connectivity index (χ1n) is 10.1. The summed E-state index contributed by atoms with van der Waals surface area (Å²) in [6, 6.07) is 10.2. The van der Waals surface area contributed by atoms with Crippen molar-refractivity contribution in [1.82, 2.24) is 10.2 Å². The Labute approximate surface area is 209 Å². The molecular formula is C22H26Cl3N3O4S. The third-order valence-corrected chi connectivity index (χ3v) is 7.02. The second kappa shape index (κ2) is 11.4. The van der Waals surface area contributed by atoms with Crippen molar-refractivity contribution in [2.75, 3.05) is 17.1 Å². The minimum Gasteiger partial charge on any atom is -0.352 e. The van der Waals surface area contributed by atoms with Crippen LogP contribution in [0.2, 0.25) is 15.1 Å². The average molecular weight is 535 g/mol. The van der Waals surface area contributed by atoms with E-state index >= 15 is 0 Å². The molecule has 0 radical (unpaired) electrons. The molecule has 2 rings (SSSR count). The maximum atomic E-state index is 13.4. The van der Waals surface area contributed by atoms with Crippen molar-refractivity contribution in [2.45, 2.75) is 39.4 Å². The average Bonchev–Trinajstić information content (AvgIpc) is 2.71. The number of rotatable bonds is 9. The van der Waals surface area contributed by atoms with E-state index in [-0.39, 0.29) is 34.2 Å². The van der Waals surface area contributed by atoms with E-state index in [1.807, 2.05) is 0 Å². The summed E-state index contributed by atoms with van der Waals surface area (Å²) in [4.78, 5) is 27.4. The zero-order valence-corrected chi connectivity index (χ0v) is 21.8. The minimum atomic E-state index is -3.86. The van der Waals surface area contributed by atoms with Crippen LogP contribution in [0.3, 0.4) is 0 Å². The summed E-state index contributed by atoms with van der Waals surface area (Å²) in [5, 5.41) is 3.60. The van der Waals surface area contributed by atoms with E-state index in [4.69, 9.17) is 34.8 Å². The van der Waals surface area contributed by atoms with Gasteiger partial charge in [0.2, 0.25) is 21.8 Å². The Morgan fingerprint density at radius 1 is 0.970 bits per heavy atom. The summed E-state index contributed by atoms with van der Waals surface area (Å²) >= 11 is 18.3. The third kappa shape index (κ3) is 7.50. The topological polar surface area (TPSA) is 86.8 Å². The van der Waals surface area contributed by atoms with Gasteiger partial charge < -0.3 is 10.2 Å². The SMILES string of the molecule is CC(C)NC(=O)C(C)N(Cc1ccccc1Cl)C(=O)CN(c1ccc(Cl)c(Cl)c1)S(C)(=O)=O. The van der Waals surface area contributed by atoms with Gasteiger partial charge in [0.1, 0.15) is 12.6 Å². The summed E-state index contributed by atoms with van der Waals surface area (Å²) in [7, 11) is -3.86. The molecule has 0 heterocycles. The van der Waals surface area contributed by atoms with E-state index in [0.717, 1.165) is 10.6 Å². The fraction of sp³-hybridized carbons (Fsp3) is 0.364. The van der Waals surface area contributed by atoms with E-state index in [1.165, 1.54) is 23.1 Å². The summed E-state index contributed by atoms with van der Waals surface area (Å²) < 4.78 is 26.0. The molecule has 2 aromatic carbocycles. The van der Waals surface area contributed by atoms with Crippen LogP contribution in [0, 0.1) is 0 Å². The Morgan fingerprint density at radius 3 is 2.15 bits per heavy atom. The molecule has 11 heteroatoms. The van der Waals surface area contributed by atoms with E-state index in [9.17, 15) is 18.0 Å². The molecule has 7 nitrogen and oxygen atoms in total. The van der Waals surface area contributed by atoms with Crippen LogP contribution in [0.25, 0.3) is 0 Å². The van der Waals surface area contributed by atoms with Crippen molar-refractivity contribution in [3.63, 3.8) is 0 Å². The molecule has 2 amide bonds. The Hall–Kier alpha value is -2.00. The lowest BCUT2D eigenvalue weighted by atomic mass is 10.1. The number of nitrogens with zero attached hydrogens (tertiary/aromatic N) is 2. The summed E-state index contributed by atoms with van der Waals surface area (Å²) in [6.07, 6.45) is 0.982. The molecule has 0 saturated carbocycles. The first-order valence-corrected chi connectivity index (χ1v) is 13.1. The van der Waals surface area contributed by atoms with Crippen molar-refractivity contribution >= 4 is 62.3 Å². The molecule has 0 bridgehead atoms. The number of nitrogens with one attached hydrogen (secondary N) is 1. The minimum absolute atomic E-state index is 0.0180. The molecule has 0 aliphatic heterocycles. The summed E-state index contributed by atoms with van der Waals surface area (Å²) in [5.41, 5.74) is 0.800. The predicted molar refractivity (Wildman–Crippen MR) is 133 cm³/mol. The van der Waals surface area contributed by atoms with Gasteiger partial charge in [-0.25, -0.2) is 8.42 Å². The highest BCUT2D eigenvalue weighted by molar-refractivity contribution is 7.92. The molecule has 0 aliphatic rings. The van der Waals surface area contributed by atoms with Crippen LogP contribution in [0.1, 0.15) is 26.3 Å². The summed E-state index contributed by atoms with van der Waals surface area (Å²) in [6.45, 7) is 4.67. The molecule has 2 aromatic rings. The van der Waals surface area contributed by atoms with E-state index in [0.29, 0.717) is 10.6 Å². The Morgan fingerprint density at radius 2 is 1.61 bits per heavy atom. The Bertz CT molecular complexity index is 1130. The van der Waals surface area contributed by atoms with Crippen molar-refractivity contribution in [3.8, 4) is 0 Å². The van der Waals surface area contributed by atoms with Crippen LogP contribution in [-0.2, 0) is 26.2 Å². The first-order chi connectivity index (χ1) is 15.3. The first kappa shape index (κ1) is 27.2. The highest BCUT2D eigenvalue weighted by Gasteiger charge is 2.30. The van der Waals surface area contributed by atoms with Gasteiger partial charge in [-0.15, -0.1) is 0 Å². The van der Waals surface area contributed by atoms with E-state index < -0.39 is 28.5 Å². The lowest BCUT2D eigenvalue weighted by Gasteiger charge is -2.32. The lowest BCUT2D eigenvalue weighted by Crippen LogP contribution is -2.52. The number of halogens is 3. The molecule has 0 saturated heterocycles. The van der Waals surface area contributed by atoms with Gasteiger partial charge in [0.15, 0.2) is 0 Å². The van der Waals surface area contributed by atoms with Crippen LogP contribution in [-0.4, -0.2) is 50.0 Å². The van der Waals surface area contributed by atoms with Gasteiger partial charge in [0, 0.05) is 17.6 Å². The number of amides is 2. The predicted octanol–water partition coefficient (Wildman–Crippen LogP) is 4.35. The second-order valence-corrected chi connectivity index (χ2v) is 10.9. The number of benzene rings is 2. The molecular weight excluding hydrogens is 509 g/mol. The van der Waals surface area contributed by atoms with Crippen molar-refractivity contribution < 1.29 is 18.0 Å². The number of carbonyl (C=O) groups is 2. The highest BCUT2D eigenvalue weighted by atomic mass is 35.5. The van der Waals surface area contributed by atoms with E-state index in [1.54, 1.807) is 45.0 Å². The van der Waals surface area contributed by atoms with Crippen molar-refractivity contribution in [2.24, 2.45) is 0 Å². The standard InChI is InChI=1S/C22H26Cl3N3O4S/c1-14(2)26-22(30)15(3)27(12-16-7-5-6-8-18(16)23)21(29)13-28(33(4,31)32)17-9-10-19(24)20(25)11-17/h5-11,14-15H,12-13H2,1-4H3,(H,26,30). The Balaban J connectivity index is 2.43. The van der Waals surface area contributed by atoms with Gasteiger partial charge in [0.25, 0.3) is 0 Å². The zero-order chi connectivity index (χ0) is 24.9. The van der Waals surface area contributed by atoms with Crippen LogP contribution in [0.4, 0.5) is 5.69 Å². The fourth-order valence-corrected chi connectivity index (χ4v) is 4.38. The van der Waals surface area contributed by atoms with Crippen LogP contribution >= 0.6 is 34.8 Å². The zero-order valence-electron chi connectivity index (χ0n) is 18.7. The van der Waals surface area contributed by atoms with Crippen LogP contribution < -0.4 is 9.62 Å². The molecule has 33 heavy (non-hydrogen) atoms. The number of anilines is 1. The molecule has 0 fully saturated rings. The van der Waals surface area contributed by atoms with E-state index in [2.05, 4.69) is 5.32 Å². The molecule has 180 valence electrons. The molecule has 1 unspecified atom stereocenters. The van der Waals surface area contributed by atoms with Gasteiger partial charge in [-0.2, -0.15) is 0 Å². The lowest BCUT2D eigenvalue weighted by molar-refractivity contribution is -0.139. The van der Waals surface area contributed by atoms with Gasteiger partial charge >= 0.3 is 0 Å². The number of sulfonamides is 1. The van der Waals surface area contributed by atoms with Crippen molar-refractivity contribution in [3.05, 3.63) is 63.1 Å². The molecule has 0 aliphatic carbocycles. The molecule has 0 spiro atoms. The summed E-state index contributed by atoms with van der Waals surface area (Å²) in [5.74, 6) is -0.955. The number of hydrogen-bond acceptors (Lipinski definition) is 4. The number of carbonyl (C=O) groups excluding carboxylic acids is 2. The van der Waals surface area contributed by atoms with Crippen molar-refractivity contribution in [1.29, 1.82) is 0 Å². The normalized spacial score (nSPS) is 12.4. The monoisotopic (exact) mass is 533 g/mol. The van der Waals surface area contributed by atoms with Gasteiger partial charge in [0.05, 0.1) is 22.0 Å². The third-order valence-electron chi connectivity index (χ3n) is 4.77. The van der Waals surface area contributed by atoms with Gasteiger partial charge in [-0.1, -0.05) is 53.0 Å². The second-order valence-electron chi connectivity index (χ2n) is 7.82. The number of hydrogen-bond donors (Lipinski definition) is 1. The molecule has 0 aromatic heterocycles. The van der Waals surface area contributed by atoms with Crippen LogP contribution in [0.5, 0.6) is 0 Å². The quantitative estimate of drug-likeness (QED) is 0.518. The smallest absolute Gasteiger partial charge is 0.244 e. The van der Waals surface area contributed by atoms with Gasteiger partial charge in [-0.05, 0) is 50.6 Å². The maximum Gasteiger partial charge on any atom is 0.244 e. The van der Waals surface area contributed by atoms with Gasteiger partial charge in [-0.3, -0.25) is 13.9 Å². The fourth-order valence-electron chi connectivity index (χ4n) is 3.05. The maximum absolute atomic E-state index is 13.4. The molecule has 1 N–H and O–H groups in total.